The molecule has 2 aliphatic heterocycles. The summed E-state index contributed by atoms with van der Waals surface area (Å²) in [6.07, 6.45) is 4.81. The molecule has 0 aromatic heterocycles. The summed E-state index contributed by atoms with van der Waals surface area (Å²) >= 11 is 0. The molecular formula is C18H26N2O3. The third kappa shape index (κ3) is 3.38. The van der Waals surface area contributed by atoms with Crippen LogP contribution in [0, 0.1) is 0 Å². The van der Waals surface area contributed by atoms with Crippen LogP contribution < -0.4 is 14.8 Å². The number of carbonyl (C=O) groups excluding carboxylic acids is 1. The van der Waals surface area contributed by atoms with Crippen LogP contribution in [-0.4, -0.2) is 44.3 Å². The van der Waals surface area contributed by atoms with Crippen molar-refractivity contribution in [3.05, 3.63) is 22.8 Å². The summed E-state index contributed by atoms with van der Waals surface area (Å²) < 4.78 is 11.6. The monoisotopic (exact) mass is 318 g/mol. The molecule has 2 aliphatic rings. The van der Waals surface area contributed by atoms with Gasteiger partial charge in [-0.2, -0.15) is 0 Å². The molecule has 0 radical (unpaired) electrons. The Morgan fingerprint density at radius 1 is 1.30 bits per heavy atom. The molecule has 23 heavy (non-hydrogen) atoms. The summed E-state index contributed by atoms with van der Waals surface area (Å²) in [7, 11) is 1.85. The number of ether oxygens (including phenoxy) is 2. The van der Waals surface area contributed by atoms with Gasteiger partial charge in [0.05, 0.1) is 13.2 Å². The number of nitrogens with one attached hydrogen (secondary N) is 1. The first-order valence-electron chi connectivity index (χ1n) is 8.63. The predicted octanol–water partition coefficient (Wildman–Crippen LogP) is 2.54. The van der Waals surface area contributed by atoms with E-state index >= 15 is 0 Å². The zero-order chi connectivity index (χ0) is 16.2. The fourth-order valence-corrected chi connectivity index (χ4v) is 3.28. The predicted molar refractivity (Wildman–Crippen MR) is 89.5 cm³/mol. The zero-order valence-corrected chi connectivity index (χ0v) is 14.1. The molecule has 2 amide bonds. The molecule has 0 aliphatic carbocycles. The number of benzene rings is 1. The quantitative estimate of drug-likeness (QED) is 0.877. The highest BCUT2D eigenvalue weighted by Crippen LogP contribution is 2.40. The lowest BCUT2D eigenvalue weighted by molar-refractivity contribution is 0.208. The summed E-state index contributed by atoms with van der Waals surface area (Å²) in [4.78, 5) is 13.8. The second-order valence-electron chi connectivity index (χ2n) is 6.27. The summed E-state index contributed by atoms with van der Waals surface area (Å²) in [5.41, 5.74) is 3.73. The Hall–Kier alpha value is -1.91. The van der Waals surface area contributed by atoms with Crippen LogP contribution in [0.5, 0.6) is 11.5 Å². The highest BCUT2D eigenvalue weighted by Gasteiger charge is 2.26. The Morgan fingerprint density at radius 3 is 2.96 bits per heavy atom. The highest BCUT2D eigenvalue weighted by atomic mass is 16.5. The lowest BCUT2D eigenvalue weighted by atomic mass is 9.97. The summed E-state index contributed by atoms with van der Waals surface area (Å²) in [6.45, 7) is 5.05. The van der Waals surface area contributed by atoms with Crippen molar-refractivity contribution >= 4 is 6.03 Å². The molecule has 2 heterocycles. The van der Waals surface area contributed by atoms with Crippen molar-refractivity contribution in [3.63, 3.8) is 0 Å². The third-order valence-corrected chi connectivity index (χ3v) is 4.61. The highest BCUT2D eigenvalue weighted by molar-refractivity contribution is 5.73. The Balaban J connectivity index is 1.62. The molecule has 1 N–H and O–H groups in total. The van der Waals surface area contributed by atoms with Crippen LogP contribution in [0.3, 0.4) is 0 Å². The molecule has 0 bridgehead atoms. The van der Waals surface area contributed by atoms with Gasteiger partial charge >= 0.3 is 6.03 Å². The first kappa shape index (κ1) is 16.0. The van der Waals surface area contributed by atoms with Crippen LogP contribution in [0.1, 0.15) is 36.5 Å². The number of fused-ring (bicyclic) bond motifs is 2. The molecular weight excluding hydrogens is 292 g/mol. The van der Waals surface area contributed by atoms with Crippen LogP contribution >= 0.6 is 0 Å². The largest absolute Gasteiger partial charge is 0.493 e. The number of unbranched alkanes of at least 4 members (excludes halogenated alkanes) is 1. The molecule has 0 saturated carbocycles. The van der Waals surface area contributed by atoms with Gasteiger partial charge in [-0.25, -0.2) is 4.79 Å². The molecule has 5 nitrogen and oxygen atoms in total. The van der Waals surface area contributed by atoms with Crippen LogP contribution in [0.15, 0.2) is 6.07 Å². The second-order valence-corrected chi connectivity index (χ2v) is 6.27. The van der Waals surface area contributed by atoms with Crippen LogP contribution in [0.2, 0.25) is 0 Å². The van der Waals surface area contributed by atoms with Crippen LogP contribution in [0.4, 0.5) is 4.79 Å². The van der Waals surface area contributed by atoms with E-state index in [0.717, 1.165) is 63.4 Å². The standard InChI is InChI=1S/C18H26N2O3/c1-3-4-9-20(2)18(21)19-8-5-15-14-7-11-22-16(14)12-13-6-10-23-17(13)15/h12H,3-11H2,1-2H3,(H,19,21). The maximum atomic E-state index is 12.1. The Kier molecular flexibility index (Phi) is 4.94. The molecule has 0 atom stereocenters. The SMILES string of the molecule is CCCCN(C)C(=O)NCCc1c2c(cc3c1OCC3)OCC2. The summed E-state index contributed by atoms with van der Waals surface area (Å²) in [6, 6.07) is 2.13. The van der Waals surface area contributed by atoms with Crippen LogP contribution in [-0.2, 0) is 19.3 Å². The van der Waals surface area contributed by atoms with E-state index in [-0.39, 0.29) is 6.03 Å². The van der Waals surface area contributed by atoms with Crippen molar-refractivity contribution < 1.29 is 14.3 Å². The maximum Gasteiger partial charge on any atom is 0.317 e. The van der Waals surface area contributed by atoms with E-state index in [4.69, 9.17) is 9.47 Å². The zero-order valence-electron chi connectivity index (χ0n) is 14.1. The van der Waals surface area contributed by atoms with E-state index in [1.807, 2.05) is 7.05 Å². The van der Waals surface area contributed by atoms with Gasteiger partial charge in [-0.05, 0) is 18.9 Å². The number of rotatable bonds is 6. The topological polar surface area (TPSA) is 50.8 Å². The van der Waals surface area contributed by atoms with Crippen molar-refractivity contribution in [2.45, 2.75) is 39.0 Å². The fraction of sp³-hybridized carbons (Fsp3) is 0.611. The van der Waals surface area contributed by atoms with Crippen molar-refractivity contribution in [2.75, 3.05) is 33.4 Å². The average Bonchev–Trinajstić information content (AvgIpc) is 3.20. The van der Waals surface area contributed by atoms with E-state index < -0.39 is 0 Å². The van der Waals surface area contributed by atoms with Crippen molar-refractivity contribution in [2.24, 2.45) is 0 Å². The summed E-state index contributed by atoms with van der Waals surface area (Å²) in [5, 5.41) is 3.01. The smallest absolute Gasteiger partial charge is 0.317 e. The maximum absolute atomic E-state index is 12.1. The van der Waals surface area contributed by atoms with Gasteiger partial charge in [0.2, 0.25) is 0 Å². The molecule has 1 aromatic carbocycles. The number of nitrogens with zero attached hydrogens (tertiary/aromatic N) is 1. The van der Waals surface area contributed by atoms with Gasteiger partial charge in [-0.1, -0.05) is 13.3 Å². The minimum Gasteiger partial charge on any atom is -0.493 e. The lowest BCUT2D eigenvalue weighted by Gasteiger charge is -2.18. The minimum absolute atomic E-state index is 0.000148. The first-order valence-corrected chi connectivity index (χ1v) is 8.63. The molecule has 0 unspecified atom stereocenters. The van der Waals surface area contributed by atoms with Gasteiger partial charge in [-0.15, -0.1) is 0 Å². The average molecular weight is 318 g/mol. The number of hydrogen-bond acceptors (Lipinski definition) is 3. The van der Waals surface area contributed by atoms with Crippen molar-refractivity contribution in [3.8, 4) is 11.5 Å². The third-order valence-electron chi connectivity index (χ3n) is 4.61. The van der Waals surface area contributed by atoms with Gasteiger partial charge in [0.15, 0.2) is 0 Å². The Bertz CT molecular complexity index is 554. The van der Waals surface area contributed by atoms with Gasteiger partial charge in [0.1, 0.15) is 11.5 Å². The normalized spacial score (nSPS) is 14.7. The van der Waals surface area contributed by atoms with E-state index in [9.17, 15) is 4.79 Å². The van der Waals surface area contributed by atoms with E-state index in [0.29, 0.717) is 6.54 Å². The van der Waals surface area contributed by atoms with Gasteiger partial charge in [-0.3, -0.25) is 0 Å². The molecule has 5 heteroatoms. The second kappa shape index (κ2) is 7.11. The lowest BCUT2D eigenvalue weighted by Crippen LogP contribution is -2.38. The molecule has 126 valence electrons. The fourth-order valence-electron chi connectivity index (χ4n) is 3.28. The Morgan fingerprint density at radius 2 is 2.13 bits per heavy atom. The number of urea groups is 1. The number of carbonyl (C=O) groups is 1. The van der Waals surface area contributed by atoms with Gasteiger partial charge in [0.25, 0.3) is 0 Å². The van der Waals surface area contributed by atoms with Gasteiger partial charge in [0, 0.05) is 49.7 Å². The molecule has 0 fully saturated rings. The minimum atomic E-state index is -0.000148. The van der Waals surface area contributed by atoms with E-state index in [1.54, 1.807) is 4.90 Å². The Labute approximate surface area is 137 Å². The first-order chi connectivity index (χ1) is 11.2. The number of hydrogen-bond donors (Lipinski definition) is 1. The molecule has 0 spiro atoms. The molecule has 1 aromatic rings. The number of amides is 2. The molecule has 0 saturated heterocycles. The van der Waals surface area contributed by atoms with E-state index in [2.05, 4.69) is 18.3 Å². The van der Waals surface area contributed by atoms with Crippen LogP contribution in [0.25, 0.3) is 0 Å². The van der Waals surface area contributed by atoms with Crippen molar-refractivity contribution in [1.82, 2.24) is 10.2 Å². The van der Waals surface area contributed by atoms with Gasteiger partial charge < -0.3 is 19.7 Å². The summed E-state index contributed by atoms with van der Waals surface area (Å²) in [5.74, 6) is 2.04. The van der Waals surface area contributed by atoms with Crippen molar-refractivity contribution in [1.29, 1.82) is 0 Å². The van der Waals surface area contributed by atoms with E-state index in [1.165, 1.54) is 16.7 Å². The molecule has 3 rings (SSSR count).